The summed E-state index contributed by atoms with van der Waals surface area (Å²) in [7, 11) is 0. The molecule has 1 heteroatoms. The van der Waals surface area contributed by atoms with Gasteiger partial charge in [-0.1, -0.05) is 29.8 Å². The minimum Gasteiger partial charge on any atom is -0.304 e. The van der Waals surface area contributed by atoms with E-state index >= 15 is 0 Å². The zero-order valence-electron chi connectivity index (χ0n) is 6.96. The highest BCUT2D eigenvalue weighted by Gasteiger charge is 2.32. The molecule has 1 aliphatic heterocycles. The van der Waals surface area contributed by atoms with Gasteiger partial charge in [0.1, 0.15) is 0 Å². The summed E-state index contributed by atoms with van der Waals surface area (Å²) in [5.41, 5.74) is 2.75. The third kappa shape index (κ3) is 1.29. The first-order chi connectivity index (χ1) is 5.27. The van der Waals surface area contributed by atoms with E-state index in [4.69, 9.17) is 0 Å². The molecule has 0 aliphatic carbocycles. The topological polar surface area (TPSA) is 21.9 Å². The summed E-state index contributed by atoms with van der Waals surface area (Å²) in [6, 6.07) is 10.0. The maximum absolute atomic E-state index is 3.37. The summed E-state index contributed by atoms with van der Waals surface area (Å²) in [6.07, 6.45) is 0. The third-order valence-corrected chi connectivity index (χ3v) is 2.27. The molecular formula is C10H13N. The molecule has 1 fully saturated rings. The summed E-state index contributed by atoms with van der Waals surface area (Å²) in [6.45, 7) is 4.33. The fourth-order valence-electron chi connectivity index (χ4n) is 1.39. The summed E-state index contributed by atoms with van der Waals surface area (Å²) < 4.78 is 0. The molecule has 0 unspecified atom stereocenters. The van der Waals surface area contributed by atoms with E-state index in [1.165, 1.54) is 11.1 Å². The summed E-state index contributed by atoms with van der Waals surface area (Å²) in [4.78, 5) is 0. The van der Waals surface area contributed by atoms with E-state index < -0.39 is 0 Å². The SMILES string of the molecule is Cc1ccc([C@@H]2N[C@@H]2C)cc1. The Bertz CT molecular complexity index is 250. The largest absolute Gasteiger partial charge is 0.304 e. The molecule has 0 radical (unpaired) electrons. The van der Waals surface area contributed by atoms with Crippen molar-refractivity contribution in [3.63, 3.8) is 0 Å². The van der Waals surface area contributed by atoms with Crippen LogP contribution in [0.2, 0.25) is 0 Å². The number of nitrogens with one attached hydrogen (secondary N) is 1. The molecule has 1 saturated heterocycles. The third-order valence-electron chi connectivity index (χ3n) is 2.27. The number of aryl methyl sites for hydroxylation is 1. The zero-order chi connectivity index (χ0) is 7.84. The molecule has 1 nitrogen and oxygen atoms in total. The molecule has 0 aromatic heterocycles. The normalized spacial score (nSPS) is 28.5. The second kappa shape index (κ2) is 2.35. The average molecular weight is 147 g/mol. The van der Waals surface area contributed by atoms with Crippen LogP contribution in [-0.2, 0) is 0 Å². The average Bonchev–Trinajstić information content (AvgIpc) is 2.69. The molecule has 1 aromatic rings. The molecule has 1 heterocycles. The van der Waals surface area contributed by atoms with Gasteiger partial charge in [0.2, 0.25) is 0 Å². The highest BCUT2D eigenvalue weighted by molar-refractivity contribution is 5.28. The minimum absolute atomic E-state index is 0.621. The Morgan fingerprint density at radius 1 is 1.18 bits per heavy atom. The van der Waals surface area contributed by atoms with E-state index in [0.29, 0.717) is 12.1 Å². The van der Waals surface area contributed by atoms with Crippen molar-refractivity contribution in [2.24, 2.45) is 0 Å². The van der Waals surface area contributed by atoms with Gasteiger partial charge < -0.3 is 5.32 Å². The molecule has 1 aliphatic rings. The van der Waals surface area contributed by atoms with E-state index in [1.54, 1.807) is 0 Å². The van der Waals surface area contributed by atoms with E-state index in [-0.39, 0.29) is 0 Å². The number of rotatable bonds is 1. The lowest BCUT2D eigenvalue weighted by molar-refractivity contribution is 1.03. The molecule has 2 rings (SSSR count). The van der Waals surface area contributed by atoms with Gasteiger partial charge in [0, 0.05) is 12.1 Å². The molecule has 11 heavy (non-hydrogen) atoms. The van der Waals surface area contributed by atoms with Crippen molar-refractivity contribution in [2.75, 3.05) is 0 Å². The van der Waals surface area contributed by atoms with Crippen LogP contribution >= 0.6 is 0 Å². The zero-order valence-corrected chi connectivity index (χ0v) is 6.96. The highest BCUT2D eigenvalue weighted by Crippen LogP contribution is 2.28. The molecule has 1 aromatic carbocycles. The van der Waals surface area contributed by atoms with Crippen molar-refractivity contribution in [1.82, 2.24) is 5.32 Å². The van der Waals surface area contributed by atoms with Crippen LogP contribution in [0.3, 0.4) is 0 Å². The molecule has 0 spiro atoms. The number of hydrogen-bond acceptors (Lipinski definition) is 1. The Morgan fingerprint density at radius 3 is 2.18 bits per heavy atom. The van der Waals surface area contributed by atoms with Gasteiger partial charge in [0.05, 0.1) is 0 Å². The molecule has 0 amide bonds. The molecule has 58 valence electrons. The van der Waals surface area contributed by atoms with Crippen LogP contribution in [0, 0.1) is 6.92 Å². The summed E-state index contributed by atoms with van der Waals surface area (Å²) >= 11 is 0. The van der Waals surface area contributed by atoms with Crippen LogP contribution in [0.5, 0.6) is 0 Å². The Kier molecular flexibility index (Phi) is 1.46. The van der Waals surface area contributed by atoms with Crippen molar-refractivity contribution >= 4 is 0 Å². The Morgan fingerprint density at radius 2 is 1.73 bits per heavy atom. The van der Waals surface area contributed by atoms with Gasteiger partial charge in [-0.3, -0.25) is 0 Å². The maximum atomic E-state index is 3.37. The van der Waals surface area contributed by atoms with Gasteiger partial charge in [-0.25, -0.2) is 0 Å². The molecule has 2 atom stereocenters. The van der Waals surface area contributed by atoms with Gasteiger partial charge in [-0.2, -0.15) is 0 Å². The first kappa shape index (κ1) is 6.86. The van der Waals surface area contributed by atoms with E-state index in [2.05, 4.69) is 43.4 Å². The van der Waals surface area contributed by atoms with Crippen LogP contribution in [-0.4, -0.2) is 6.04 Å². The maximum Gasteiger partial charge on any atom is 0.0476 e. The van der Waals surface area contributed by atoms with Crippen LogP contribution < -0.4 is 5.32 Å². The van der Waals surface area contributed by atoms with E-state index in [0.717, 1.165) is 0 Å². The van der Waals surface area contributed by atoms with Crippen LogP contribution in [0.1, 0.15) is 24.1 Å². The first-order valence-electron chi connectivity index (χ1n) is 4.10. The molecule has 0 saturated carbocycles. The summed E-state index contributed by atoms with van der Waals surface area (Å²) in [5.74, 6) is 0. The van der Waals surface area contributed by atoms with Gasteiger partial charge in [-0.05, 0) is 19.4 Å². The monoisotopic (exact) mass is 147 g/mol. The predicted molar refractivity (Wildman–Crippen MR) is 46.5 cm³/mol. The van der Waals surface area contributed by atoms with Gasteiger partial charge in [-0.15, -0.1) is 0 Å². The van der Waals surface area contributed by atoms with E-state index in [1.807, 2.05) is 0 Å². The fourth-order valence-corrected chi connectivity index (χ4v) is 1.39. The van der Waals surface area contributed by atoms with Crippen molar-refractivity contribution in [2.45, 2.75) is 25.9 Å². The second-order valence-electron chi connectivity index (χ2n) is 3.34. The molecule has 1 N–H and O–H groups in total. The lowest BCUT2D eigenvalue weighted by Gasteiger charge is -1.96. The van der Waals surface area contributed by atoms with Crippen molar-refractivity contribution in [3.8, 4) is 0 Å². The van der Waals surface area contributed by atoms with E-state index in [9.17, 15) is 0 Å². The lowest BCUT2D eigenvalue weighted by atomic mass is 10.1. The smallest absolute Gasteiger partial charge is 0.0476 e. The van der Waals surface area contributed by atoms with Crippen LogP contribution in [0.4, 0.5) is 0 Å². The van der Waals surface area contributed by atoms with Crippen molar-refractivity contribution < 1.29 is 0 Å². The Hall–Kier alpha value is -0.820. The van der Waals surface area contributed by atoms with Gasteiger partial charge >= 0.3 is 0 Å². The molecular weight excluding hydrogens is 134 g/mol. The van der Waals surface area contributed by atoms with Crippen LogP contribution in [0.25, 0.3) is 0 Å². The van der Waals surface area contributed by atoms with Crippen molar-refractivity contribution in [1.29, 1.82) is 0 Å². The highest BCUT2D eigenvalue weighted by atomic mass is 15.1. The standard InChI is InChI=1S/C10H13N/c1-7-3-5-9(6-4-7)10-8(2)11-10/h3-6,8,10-11H,1-2H3/t8-,10-/m1/s1. The summed E-state index contributed by atoms with van der Waals surface area (Å²) in [5, 5.41) is 3.37. The Labute approximate surface area is 67.4 Å². The van der Waals surface area contributed by atoms with Crippen molar-refractivity contribution in [3.05, 3.63) is 35.4 Å². The number of benzene rings is 1. The second-order valence-corrected chi connectivity index (χ2v) is 3.34. The lowest BCUT2D eigenvalue weighted by Crippen LogP contribution is -1.83. The number of hydrogen-bond donors (Lipinski definition) is 1. The quantitative estimate of drug-likeness (QED) is 0.603. The predicted octanol–water partition coefficient (Wildman–Crippen LogP) is 2.03. The Balaban J connectivity index is 2.21. The van der Waals surface area contributed by atoms with Gasteiger partial charge in [0.25, 0.3) is 0 Å². The van der Waals surface area contributed by atoms with Crippen LogP contribution in [0.15, 0.2) is 24.3 Å². The first-order valence-corrected chi connectivity index (χ1v) is 4.10. The fraction of sp³-hybridized carbons (Fsp3) is 0.400. The molecule has 0 bridgehead atoms. The van der Waals surface area contributed by atoms with Gasteiger partial charge in [0.15, 0.2) is 0 Å². The minimum atomic E-state index is 0.621.